The normalized spacial score (nSPS) is 54.9. The Morgan fingerprint density at radius 2 is 1.65 bits per heavy atom. The first-order valence-electron chi connectivity index (χ1n) is 10.3. The van der Waals surface area contributed by atoms with Gasteiger partial charge in [-0.05, 0) is 86.4 Å². The predicted molar refractivity (Wildman–Crippen MR) is 92.7 cm³/mol. The van der Waals surface area contributed by atoms with Gasteiger partial charge in [0.05, 0.1) is 0 Å². The molecule has 2 N–H and O–H groups in total. The Bertz CT molecular complexity index is 472. The molecule has 0 amide bonds. The van der Waals surface area contributed by atoms with Gasteiger partial charge < -0.3 is 10.2 Å². The third-order valence-corrected chi connectivity index (χ3v) is 9.53. The molecule has 0 bridgehead atoms. The maximum absolute atomic E-state index is 10.9. The van der Waals surface area contributed by atoms with Gasteiger partial charge in [0.25, 0.3) is 0 Å². The maximum atomic E-state index is 10.9. The first kappa shape index (κ1) is 16.4. The second kappa shape index (κ2) is 5.21. The standard InChI is InChI=1S/C21H36O2/c1-4-14-8-10-17-16-9-7-15-6-5-12-21(22,23)20(15,3)18(16)11-13-19(14,17)2/h14-18,22-23H,4-13H2,1-3H3/t14-,15?,16-,17-,18-,19+,20-/m0/s1. The third-order valence-electron chi connectivity index (χ3n) is 9.53. The molecule has 0 aromatic carbocycles. The minimum atomic E-state index is -1.43. The van der Waals surface area contributed by atoms with Crippen molar-refractivity contribution >= 4 is 0 Å². The fourth-order valence-corrected chi connectivity index (χ4v) is 8.14. The van der Waals surface area contributed by atoms with Crippen LogP contribution in [0.1, 0.15) is 85.0 Å². The van der Waals surface area contributed by atoms with E-state index in [1.807, 2.05) is 0 Å². The van der Waals surface area contributed by atoms with Crippen LogP contribution < -0.4 is 0 Å². The molecule has 23 heavy (non-hydrogen) atoms. The van der Waals surface area contributed by atoms with E-state index in [1.165, 1.54) is 51.4 Å². The van der Waals surface area contributed by atoms with E-state index >= 15 is 0 Å². The monoisotopic (exact) mass is 320 g/mol. The van der Waals surface area contributed by atoms with Crippen LogP contribution in [0.4, 0.5) is 0 Å². The minimum Gasteiger partial charge on any atom is -0.365 e. The van der Waals surface area contributed by atoms with Gasteiger partial charge in [-0.3, -0.25) is 0 Å². The molecule has 0 aliphatic heterocycles. The topological polar surface area (TPSA) is 40.5 Å². The maximum Gasteiger partial charge on any atom is 0.168 e. The number of hydrogen-bond acceptors (Lipinski definition) is 2. The molecule has 7 atom stereocenters. The van der Waals surface area contributed by atoms with Crippen LogP contribution in [0.15, 0.2) is 0 Å². The van der Waals surface area contributed by atoms with Gasteiger partial charge in [-0.15, -0.1) is 0 Å². The smallest absolute Gasteiger partial charge is 0.168 e. The largest absolute Gasteiger partial charge is 0.365 e. The van der Waals surface area contributed by atoms with E-state index in [1.54, 1.807) is 0 Å². The van der Waals surface area contributed by atoms with Crippen molar-refractivity contribution in [1.29, 1.82) is 0 Å². The molecule has 4 saturated carbocycles. The van der Waals surface area contributed by atoms with Crippen LogP contribution in [0.3, 0.4) is 0 Å². The summed E-state index contributed by atoms with van der Waals surface area (Å²) in [5.74, 6) is 2.10. The van der Waals surface area contributed by atoms with Gasteiger partial charge >= 0.3 is 0 Å². The average Bonchev–Trinajstić information content (AvgIpc) is 2.85. The lowest BCUT2D eigenvalue weighted by Gasteiger charge is -2.63. The highest BCUT2D eigenvalue weighted by molar-refractivity contribution is 5.11. The minimum absolute atomic E-state index is 0.264. The predicted octanol–water partition coefficient (Wildman–Crippen LogP) is 4.74. The van der Waals surface area contributed by atoms with Gasteiger partial charge in [0.2, 0.25) is 0 Å². The van der Waals surface area contributed by atoms with Crippen molar-refractivity contribution in [3.8, 4) is 0 Å². The molecule has 132 valence electrons. The molecule has 2 heteroatoms. The summed E-state index contributed by atoms with van der Waals surface area (Å²) in [5, 5.41) is 21.9. The van der Waals surface area contributed by atoms with E-state index in [2.05, 4.69) is 20.8 Å². The molecule has 0 aromatic rings. The zero-order valence-electron chi connectivity index (χ0n) is 15.4. The van der Waals surface area contributed by atoms with Crippen LogP contribution in [-0.4, -0.2) is 16.0 Å². The fourth-order valence-electron chi connectivity index (χ4n) is 8.14. The molecule has 4 rings (SSSR count). The lowest BCUT2D eigenvalue weighted by atomic mass is 9.43. The molecule has 4 aliphatic rings. The Morgan fingerprint density at radius 1 is 0.870 bits per heavy atom. The summed E-state index contributed by atoms with van der Waals surface area (Å²) < 4.78 is 0. The van der Waals surface area contributed by atoms with Crippen molar-refractivity contribution in [3.63, 3.8) is 0 Å². The van der Waals surface area contributed by atoms with Crippen molar-refractivity contribution in [2.24, 2.45) is 40.4 Å². The Kier molecular flexibility index (Phi) is 3.71. The summed E-state index contributed by atoms with van der Waals surface area (Å²) in [7, 11) is 0. The van der Waals surface area contributed by atoms with Gasteiger partial charge in [-0.25, -0.2) is 0 Å². The molecule has 4 aliphatic carbocycles. The molecular weight excluding hydrogens is 284 g/mol. The molecule has 1 unspecified atom stereocenters. The molecule has 0 aromatic heterocycles. The Labute approximate surface area is 142 Å². The summed E-state index contributed by atoms with van der Waals surface area (Å²) in [5.41, 5.74) is 0.265. The summed E-state index contributed by atoms with van der Waals surface area (Å²) >= 11 is 0. The molecule has 0 spiro atoms. The van der Waals surface area contributed by atoms with Gasteiger partial charge in [0.15, 0.2) is 5.79 Å². The highest BCUT2D eigenvalue weighted by atomic mass is 16.5. The number of hydrogen-bond donors (Lipinski definition) is 2. The Morgan fingerprint density at radius 3 is 2.39 bits per heavy atom. The van der Waals surface area contributed by atoms with Gasteiger partial charge in [-0.2, -0.15) is 0 Å². The number of aliphatic hydroxyl groups is 2. The number of rotatable bonds is 1. The van der Waals surface area contributed by atoms with E-state index in [-0.39, 0.29) is 5.41 Å². The van der Waals surface area contributed by atoms with Gasteiger partial charge in [0, 0.05) is 11.8 Å². The summed E-state index contributed by atoms with van der Waals surface area (Å²) in [4.78, 5) is 0. The number of fused-ring (bicyclic) bond motifs is 5. The summed E-state index contributed by atoms with van der Waals surface area (Å²) in [6.07, 6.45) is 12.0. The van der Waals surface area contributed by atoms with E-state index in [0.717, 1.165) is 24.2 Å². The van der Waals surface area contributed by atoms with Crippen LogP contribution in [0.2, 0.25) is 0 Å². The van der Waals surface area contributed by atoms with E-state index in [0.29, 0.717) is 23.7 Å². The molecule has 2 nitrogen and oxygen atoms in total. The molecule has 0 saturated heterocycles. The van der Waals surface area contributed by atoms with Crippen LogP contribution in [0.5, 0.6) is 0 Å². The second-order valence-electron chi connectivity index (χ2n) is 9.87. The molecule has 0 radical (unpaired) electrons. The van der Waals surface area contributed by atoms with Crippen LogP contribution in [0.25, 0.3) is 0 Å². The van der Waals surface area contributed by atoms with Crippen molar-refractivity contribution in [2.75, 3.05) is 0 Å². The highest BCUT2D eigenvalue weighted by Gasteiger charge is 2.65. The van der Waals surface area contributed by atoms with Crippen LogP contribution >= 0.6 is 0 Å². The van der Waals surface area contributed by atoms with E-state index < -0.39 is 5.79 Å². The SMILES string of the molecule is CC[C@H]1CC[C@H]2[C@@H]3CCC4CCCC(O)(O)[C@]4(C)[C@H]3CC[C@]12C. The fraction of sp³-hybridized carbons (Fsp3) is 1.00. The third kappa shape index (κ3) is 2.00. The van der Waals surface area contributed by atoms with Crippen LogP contribution in [0, 0.1) is 40.4 Å². The average molecular weight is 321 g/mol. The van der Waals surface area contributed by atoms with E-state index in [4.69, 9.17) is 0 Å². The lowest BCUT2D eigenvalue weighted by Crippen LogP contribution is -2.63. The van der Waals surface area contributed by atoms with Gasteiger partial charge in [0.1, 0.15) is 0 Å². The van der Waals surface area contributed by atoms with Crippen molar-refractivity contribution < 1.29 is 10.2 Å². The van der Waals surface area contributed by atoms with Gasteiger partial charge in [-0.1, -0.05) is 27.2 Å². The Hall–Kier alpha value is -0.0800. The zero-order chi connectivity index (χ0) is 16.5. The van der Waals surface area contributed by atoms with E-state index in [9.17, 15) is 10.2 Å². The summed E-state index contributed by atoms with van der Waals surface area (Å²) in [6, 6.07) is 0. The van der Waals surface area contributed by atoms with Crippen molar-refractivity contribution in [3.05, 3.63) is 0 Å². The molecule has 4 fully saturated rings. The molecular formula is C21H36O2. The van der Waals surface area contributed by atoms with Crippen molar-refractivity contribution in [2.45, 2.75) is 90.8 Å². The quantitative estimate of drug-likeness (QED) is 0.685. The van der Waals surface area contributed by atoms with Crippen LogP contribution in [-0.2, 0) is 0 Å². The van der Waals surface area contributed by atoms with Crippen molar-refractivity contribution in [1.82, 2.24) is 0 Å². The second-order valence-corrected chi connectivity index (χ2v) is 9.87. The summed E-state index contributed by atoms with van der Waals surface area (Å²) in [6.45, 7) is 7.17. The highest BCUT2D eigenvalue weighted by Crippen LogP contribution is 2.69. The first-order chi connectivity index (χ1) is 10.8. The lowest BCUT2D eigenvalue weighted by molar-refractivity contribution is -0.313. The molecule has 0 heterocycles. The Balaban J connectivity index is 1.68. The first-order valence-corrected chi connectivity index (χ1v) is 10.3. The zero-order valence-corrected chi connectivity index (χ0v) is 15.4.